The summed E-state index contributed by atoms with van der Waals surface area (Å²) in [5.41, 5.74) is 13.9. The number of hydrogen-bond donors (Lipinski definition) is 4. The van der Waals surface area contributed by atoms with Crippen LogP contribution in [-0.4, -0.2) is 23.9 Å². The number of nitrogens with one attached hydrogen (secondary N) is 2. The van der Waals surface area contributed by atoms with Crippen molar-refractivity contribution in [2.75, 3.05) is 10.6 Å². The molecule has 0 fully saturated rings. The number of anilines is 2. The third-order valence-corrected chi connectivity index (χ3v) is 5.06. The average molecular weight is 411 g/mol. The fraction of sp³-hybridized carbons (Fsp3) is 0.417. The minimum Gasteiger partial charge on any atom is -0.383 e. The third-order valence-electron chi connectivity index (χ3n) is 5.06. The first-order valence-corrected chi connectivity index (χ1v) is 10.5. The Morgan fingerprint density at radius 1 is 0.800 bits per heavy atom. The van der Waals surface area contributed by atoms with Gasteiger partial charge in [0.05, 0.1) is 5.41 Å². The van der Waals surface area contributed by atoms with Crippen molar-refractivity contribution in [3.63, 3.8) is 0 Å². The van der Waals surface area contributed by atoms with E-state index in [0.29, 0.717) is 24.9 Å². The highest BCUT2D eigenvalue weighted by Crippen LogP contribution is 2.38. The Bertz CT molecular complexity index is 789. The van der Waals surface area contributed by atoms with Crippen LogP contribution in [0, 0.1) is 0 Å². The minimum absolute atomic E-state index is 0.203. The summed E-state index contributed by atoms with van der Waals surface area (Å²) >= 11 is 0. The maximum Gasteiger partial charge on any atom is 0.232 e. The Morgan fingerprint density at radius 2 is 1.20 bits per heavy atom. The average Bonchev–Trinajstić information content (AvgIpc) is 2.65. The van der Waals surface area contributed by atoms with Crippen LogP contribution in [0.15, 0.2) is 48.5 Å². The highest BCUT2D eigenvalue weighted by molar-refractivity contribution is 5.91. The van der Waals surface area contributed by atoms with Crippen LogP contribution in [0.1, 0.15) is 58.1 Å². The summed E-state index contributed by atoms with van der Waals surface area (Å²) < 4.78 is 0. The van der Waals surface area contributed by atoms with Crippen LogP contribution >= 0.6 is 0 Å². The van der Waals surface area contributed by atoms with Crippen LogP contribution in [0.4, 0.5) is 11.4 Å². The molecule has 0 aliphatic rings. The second-order valence-corrected chi connectivity index (χ2v) is 8.34. The highest BCUT2D eigenvalue weighted by Gasteiger charge is 2.40. The van der Waals surface area contributed by atoms with Crippen LogP contribution < -0.4 is 22.1 Å². The molecule has 2 amide bonds. The summed E-state index contributed by atoms with van der Waals surface area (Å²) in [7, 11) is 0. The molecule has 0 spiro atoms. The number of carbonyl (C=O) groups excluding carboxylic acids is 2. The Kier molecular flexibility index (Phi) is 7.86. The predicted octanol–water partition coefficient (Wildman–Crippen LogP) is 3.75. The van der Waals surface area contributed by atoms with E-state index >= 15 is 0 Å². The lowest BCUT2D eigenvalue weighted by Gasteiger charge is -2.32. The van der Waals surface area contributed by atoms with Gasteiger partial charge in [0, 0.05) is 29.9 Å². The SMILES string of the molecule is CC(C)Nc1ccc(C(CCCC(N)=O)(C(N)=O)c2ccc(NC(C)C)cc2)cc1. The standard InChI is InChI=1S/C24H34N4O2/c1-16(2)27-20-11-7-18(8-12-20)24(23(26)30,15-5-6-22(25)29)19-9-13-21(14-10-19)28-17(3)4/h7-14,16-17,27-28H,5-6,15H2,1-4H3,(H2,25,29)(H2,26,30). The zero-order valence-electron chi connectivity index (χ0n) is 18.4. The first-order valence-electron chi connectivity index (χ1n) is 10.5. The molecule has 2 aromatic rings. The molecule has 6 nitrogen and oxygen atoms in total. The molecule has 30 heavy (non-hydrogen) atoms. The molecule has 162 valence electrons. The highest BCUT2D eigenvalue weighted by atomic mass is 16.1. The Morgan fingerprint density at radius 3 is 1.50 bits per heavy atom. The number of nitrogens with two attached hydrogens (primary N) is 2. The second-order valence-electron chi connectivity index (χ2n) is 8.34. The third kappa shape index (κ3) is 5.75. The van der Waals surface area contributed by atoms with E-state index in [1.54, 1.807) is 0 Å². The second kappa shape index (κ2) is 10.1. The summed E-state index contributed by atoms with van der Waals surface area (Å²) in [6.07, 6.45) is 1.07. The summed E-state index contributed by atoms with van der Waals surface area (Å²) in [5, 5.41) is 6.70. The molecule has 2 rings (SSSR count). The topological polar surface area (TPSA) is 110 Å². The fourth-order valence-electron chi connectivity index (χ4n) is 3.76. The van der Waals surface area contributed by atoms with Gasteiger partial charge in [0.25, 0.3) is 0 Å². The Labute approximate surface area is 179 Å². The normalized spacial score (nSPS) is 11.5. The molecule has 0 bridgehead atoms. The number of hydrogen-bond acceptors (Lipinski definition) is 4. The van der Waals surface area contributed by atoms with E-state index in [9.17, 15) is 9.59 Å². The first-order chi connectivity index (χ1) is 14.1. The smallest absolute Gasteiger partial charge is 0.232 e. The summed E-state index contributed by atoms with van der Waals surface area (Å²) in [4.78, 5) is 24.2. The Hall–Kier alpha value is -3.02. The zero-order valence-corrected chi connectivity index (χ0v) is 18.4. The van der Waals surface area contributed by atoms with Gasteiger partial charge in [-0.1, -0.05) is 24.3 Å². The summed E-state index contributed by atoms with van der Waals surface area (Å²) in [6, 6.07) is 16.1. The summed E-state index contributed by atoms with van der Waals surface area (Å²) in [5.74, 6) is -0.831. The monoisotopic (exact) mass is 410 g/mol. The molecule has 0 unspecified atom stereocenters. The van der Waals surface area contributed by atoms with Gasteiger partial charge in [0.1, 0.15) is 0 Å². The molecule has 0 radical (unpaired) electrons. The van der Waals surface area contributed by atoms with E-state index < -0.39 is 11.3 Å². The van der Waals surface area contributed by atoms with Gasteiger partial charge >= 0.3 is 0 Å². The molecule has 0 saturated heterocycles. The Balaban J connectivity index is 2.49. The molecule has 2 aromatic carbocycles. The van der Waals surface area contributed by atoms with Gasteiger partial charge in [-0.3, -0.25) is 9.59 Å². The van der Waals surface area contributed by atoms with Crippen LogP contribution in [0.3, 0.4) is 0 Å². The lowest BCUT2D eigenvalue weighted by atomic mass is 9.70. The minimum atomic E-state index is -1.04. The van der Waals surface area contributed by atoms with Gasteiger partial charge in [0.15, 0.2) is 0 Å². The maximum atomic E-state index is 12.9. The van der Waals surface area contributed by atoms with Crippen molar-refractivity contribution in [1.82, 2.24) is 0 Å². The van der Waals surface area contributed by atoms with E-state index in [0.717, 1.165) is 22.5 Å². The van der Waals surface area contributed by atoms with E-state index in [2.05, 4.69) is 38.3 Å². The predicted molar refractivity (Wildman–Crippen MR) is 123 cm³/mol. The first kappa shape index (κ1) is 23.3. The van der Waals surface area contributed by atoms with Crippen LogP contribution in [0.5, 0.6) is 0 Å². The van der Waals surface area contributed by atoms with Gasteiger partial charge in [-0.15, -0.1) is 0 Å². The van der Waals surface area contributed by atoms with E-state index in [-0.39, 0.29) is 12.3 Å². The lowest BCUT2D eigenvalue weighted by molar-refractivity contribution is -0.123. The molecular formula is C24H34N4O2. The largest absolute Gasteiger partial charge is 0.383 e. The summed E-state index contributed by atoms with van der Waals surface area (Å²) in [6.45, 7) is 8.27. The number of carbonyl (C=O) groups is 2. The van der Waals surface area contributed by atoms with Crippen LogP contribution in [-0.2, 0) is 15.0 Å². The molecule has 6 heteroatoms. The van der Waals surface area contributed by atoms with Crippen molar-refractivity contribution < 1.29 is 9.59 Å². The number of amides is 2. The van der Waals surface area contributed by atoms with Crippen molar-refractivity contribution >= 4 is 23.2 Å². The number of primary amides is 2. The molecule has 0 atom stereocenters. The van der Waals surface area contributed by atoms with Gasteiger partial charge in [-0.25, -0.2) is 0 Å². The molecule has 0 saturated carbocycles. The molecule has 6 N–H and O–H groups in total. The van der Waals surface area contributed by atoms with Gasteiger partial charge in [0.2, 0.25) is 11.8 Å². The number of rotatable bonds is 11. The zero-order chi connectivity index (χ0) is 22.3. The molecule has 0 heterocycles. The van der Waals surface area contributed by atoms with Crippen molar-refractivity contribution in [1.29, 1.82) is 0 Å². The van der Waals surface area contributed by atoms with Crippen molar-refractivity contribution in [2.24, 2.45) is 11.5 Å². The van der Waals surface area contributed by atoms with Crippen LogP contribution in [0.2, 0.25) is 0 Å². The van der Waals surface area contributed by atoms with Gasteiger partial charge in [-0.05, 0) is 75.9 Å². The van der Waals surface area contributed by atoms with Crippen molar-refractivity contribution in [2.45, 2.75) is 64.5 Å². The van der Waals surface area contributed by atoms with Gasteiger partial charge in [-0.2, -0.15) is 0 Å². The fourth-order valence-corrected chi connectivity index (χ4v) is 3.76. The van der Waals surface area contributed by atoms with Crippen LogP contribution in [0.25, 0.3) is 0 Å². The molecule has 0 aliphatic carbocycles. The van der Waals surface area contributed by atoms with E-state index in [1.807, 2.05) is 48.5 Å². The van der Waals surface area contributed by atoms with Crippen molar-refractivity contribution in [3.05, 3.63) is 59.7 Å². The van der Waals surface area contributed by atoms with E-state index in [4.69, 9.17) is 11.5 Å². The van der Waals surface area contributed by atoms with E-state index in [1.165, 1.54) is 0 Å². The maximum absolute atomic E-state index is 12.9. The molecular weight excluding hydrogens is 376 g/mol. The molecule has 0 aliphatic heterocycles. The lowest BCUT2D eigenvalue weighted by Crippen LogP contribution is -2.42. The van der Waals surface area contributed by atoms with Crippen molar-refractivity contribution in [3.8, 4) is 0 Å². The quantitative estimate of drug-likeness (QED) is 0.452. The van der Waals surface area contributed by atoms with Gasteiger partial charge < -0.3 is 22.1 Å². The number of benzene rings is 2. The molecule has 0 aromatic heterocycles.